The third kappa shape index (κ3) is 2.70. The molecule has 1 aromatic carbocycles. The van der Waals surface area contributed by atoms with Gasteiger partial charge in [-0.3, -0.25) is 0 Å². The Hall–Kier alpha value is -0.860. The molecule has 4 atom stereocenters. The van der Waals surface area contributed by atoms with Gasteiger partial charge < -0.3 is 11.1 Å². The van der Waals surface area contributed by atoms with Gasteiger partial charge in [0.2, 0.25) is 0 Å². The van der Waals surface area contributed by atoms with Crippen LogP contribution in [-0.4, -0.2) is 6.04 Å². The first-order valence-electron chi connectivity index (χ1n) is 7.86. The quantitative estimate of drug-likeness (QED) is 0.794. The molecule has 2 aliphatic carbocycles. The average molecular weight is 258 g/mol. The zero-order valence-corrected chi connectivity index (χ0v) is 11.9. The summed E-state index contributed by atoms with van der Waals surface area (Å²) in [7, 11) is 0. The van der Waals surface area contributed by atoms with Crippen LogP contribution in [0.2, 0.25) is 0 Å². The van der Waals surface area contributed by atoms with Crippen molar-refractivity contribution in [3.8, 4) is 0 Å². The molecule has 0 amide bonds. The lowest BCUT2D eigenvalue weighted by Crippen LogP contribution is -2.36. The summed E-state index contributed by atoms with van der Waals surface area (Å²) in [6.07, 6.45) is 7.95. The molecule has 0 aliphatic heterocycles. The topological polar surface area (TPSA) is 38.0 Å². The van der Waals surface area contributed by atoms with Crippen LogP contribution in [0.1, 0.15) is 68.7 Å². The van der Waals surface area contributed by atoms with Gasteiger partial charge in [0.05, 0.1) is 0 Å². The lowest BCUT2D eigenvalue weighted by atomic mass is 9.95. The Labute approximate surface area is 116 Å². The summed E-state index contributed by atoms with van der Waals surface area (Å²) in [6.45, 7) is 2.41. The van der Waals surface area contributed by atoms with E-state index in [1.807, 2.05) is 0 Å². The molecule has 1 aromatic rings. The largest absolute Gasteiger partial charge is 0.324 e. The summed E-state index contributed by atoms with van der Waals surface area (Å²) in [6, 6.07) is 10.1. The highest BCUT2D eigenvalue weighted by Crippen LogP contribution is 2.38. The molecule has 1 saturated carbocycles. The SMILES string of the molecule is CC1CCCCCC1NC1CC(N)c2ccccc21. The molecule has 0 heterocycles. The van der Waals surface area contributed by atoms with Crippen molar-refractivity contribution in [2.75, 3.05) is 0 Å². The van der Waals surface area contributed by atoms with Crippen molar-refractivity contribution in [2.24, 2.45) is 11.7 Å². The van der Waals surface area contributed by atoms with E-state index < -0.39 is 0 Å². The molecular weight excluding hydrogens is 232 g/mol. The monoisotopic (exact) mass is 258 g/mol. The van der Waals surface area contributed by atoms with E-state index in [1.165, 1.54) is 43.2 Å². The summed E-state index contributed by atoms with van der Waals surface area (Å²) < 4.78 is 0. The summed E-state index contributed by atoms with van der Waals surface area (Å²) in [5.74, 6) is 0.798. The minimum absolute atomic E-state index is 0.217. The van der Waals surface area contributed by atoms with Crippen molar-refractivity contribution in [3.63, 3.8) is 0 Å². The Morgan fingerprint density at radius 3 is 2.63 bits per heavy atom. The van der Waals surface area contributed by atoms with Crippen LogP contribution in [-0.2, 0) is 0 Å². The van der Waals surface area contributed by atoms with Crippen molar-refractivity contribution in [1.82, 2.24) is 5.32 Å². The number of nitrogens with two attached hydrogens (primary N) is 1. The van der Waals surface area contributed by atoms with E-state index >= 15 is 0 Å². The second-order valence-electron chi connectivity index (χ2n) is 6.41. The van der Waals surface area contributed by atoms with Crippen LogP contribution in [0.5, 0.6) is 0 Å². The molecule has 3 rings (SSSR count). The normalized spacial score (nSPS) is 34.8. The minimum atomic E-state index is 0.217. The number of fused-ring (bicyclic) bond motifs is 1. The van der Waals surface area contributed by atoms with Crippen LogP contribution in [0.15, 0.2) is 24.3 Å². The highest BCUT2D eigenvalue weighted by atomic mass is 15.0. The lowest BCUT2D eigenvalue weighted by Gasteiger charge is -2.27. The highest BCUT2D eigenvalue weighted by Gasteiger charge is 2.31. The molecule has 4 unspecified atom stereocenters. The molecule has 0 radical (unpaired) electrons. The zero-order valence-electron chi connectivity index (χ0n) is 11.9. The Morgan fingerprint density at radius 1 is 1.05 bits per heavy atom. The van der Waals surface area contributed by atoms with E-state index in [0.717, 1.165) is 12.3 Å². The molecule has 0 saturated heterocycles. The molecule has 1 fully saturated rings. The van der Waals surface area contributed by atoms with E-state index in [-0.39, 0.29) is 6.04 Å². The Kier molecular flexibility index (Phi) is 3.90. The van der Waals surface area contributed by atoms with Gasteiger partial charge in [-0.15, -0.1) is 0 Å². The third-order valence-electron chi connectivity index (χ3n) is 5.04. The first-order valence-corrected chi connectivity index (χ1v) is 7.86. The van der Waals surface area contributed by atoms with E-state index in [0.29, 0.717) is 12.1 Å². The van der Waals surface area contributed by atoms with E-state index in [2.05, 4.69) is 36.5 Å². The fourth-order valence-electron chi connectivity index (χ4n) is 3.83. The zero-order chi connectivity index (χ0) is 13.2. The van der Waals surface area contributed by atoms with Crippen LogP contribution >= 0.6 is 0 Å². The summed E-state index contributed by atoms with van der Waals surface area (Å²) in [5.41, 5.74) is 9.05. The van der Waals surface area contributed by atoms with Gasteiger partial charge in [0.25, 0.3) is 0 Å². The van der Waals surface area contributed by atoms with Gasteiger partial charge in [0, 0.05) is 18.1 Å². The van der Waals surface area contributed by atoms with Crippen LogP contribution in [0, 0.1) is 5.92 Å². The predicted molar refractivity (Wildman–Crippen MR) is 79.9 cm³/mol. The van der Waals surface area contributed by atoms with Crippen LogP contribution < -0.4 is 11.1 Å². The molecule has 2 nitrogen and oxygen atoms in total. The lowest BCUT2D eigenvalue weighted by molar-refractivity contribution is 0.316. The first kappa shape index (κ1) is 13.1. The molecule has 104 valence electrons. The maximum Gasteiger partial charge on any atom is 0.0344 e. The average Bonchev–Trinajstić information content (AvgIpc) is 2.59. The van der Waals surface area contributed by atoms with Gasteiger partial charge in [-0.25, -0.2) is 0 Å². The minimum Gasteiger partial charge on any atom is -0.324 e. The van der Waals surface area contributed by atoms with Gasteiger partial charge in [-0.05, 0) is 36.3 Å². The van der Waals surface area contributed by atoms with Gasteiger partial charge in [0.1, 0.15) is 0 Å². The Morgan fingerprint density at radius 2 is 1.79 bits per heavy atom. The summed E-state index contributed by atoms with van der Waals surface area (Å²) in [4.78, 5) is 0. The van der Waals surface area contributed by atoms with E-state index in [9.17, 15) is 0 Å². The molecule has 0 spiro atoms. The summed E-state index contributed by atoms with van der Waals surface area (Å²) in [5, 5.41) is 3.91. The van der Waals surface area contributed by atoms with E-state index in [1.54, 1.807) is 0 Å². The molecule has 0 aromatic heterocycles. The number of hydrogen-bond acceptors (Lipinski definition) is 2. The number of hydrogen-bond donors (Lipinski definition) is 2. The Bertz CT molecular complexity index is 429. The van der Waals surface area contributed by atoms with Crippen molar-refractivity contribution in [3.05, 3.63) is 35.4 Å². The van der Waals surface area contributed by atoms with Gasteiger partial charge >= 0.3 is 0 Å². The number of nitrogens with one attached hydrogen (secondary N) is 1. The highest BCUT2D eigenvalue weighted by molar-refractivity contribution is 5.37. The van der Waals surface area contributed by atoms with E-state index in [4.69, 9.17) is 5.73 Å². The fraction of sp³-hybridized carbons (Fsp3) is 0.647. The van der Waals surface area contributed by atoms with Crippen molar-refractivity contribution >= 4 is 0 Å². The number of rotatable bonds is 2. The first-order chi connectivity index (χ1) is 9.25. The smallest absolute Gasteiger partial charge is 0.0344 e. The van der Waals surface area contributed by atoms with Gasteiger partial charge in [-0.1, -0.05) is 50.5 Å². The second-order valence-corrected chi connectivity index (χ2v) is 6.41. The number of benzene rings is 1. The molecular formula is C17H26N2. The molecule has 0 bridgehead atoms. The summed E-state index contributed by atoms with van der Waals surface area (Å²) >= 11 is 0. The van der Waals surface area contributed by atoms with Gasteiger partial charge in [0.15, 0.2) is 0 Å². The second kappa shape index (κ2) is 5.64. The maximum absolute atomic E-state index is 6.27. The fourth-order valence-corrected chi connectivity index (χ4v) is 3.83. The van der Waals surface area contributed by atoms with Crippen LogP contribution in [0.25, 0.3) is 0 Å². The molecule has 19 heavy (non-hydrogen) atoms. The molecule has 2 aliphatic rings. The Balaban J connectivity index is 1.74. The standard InChI is InChI=1S/C17H26N2/c1-12-7-3-2-4-10-16(12)19-17-11-15(18)13-8-5-6-9-14(13)17/h5-6,8-9,12,15-17,19H,2-4,7,10-11,18H2,1H3. The van der Waals surface area contributed by atoms with Crippen molar-refractivity contribution < 1.29 is 0 Å². The third-order valence-corrected chi connectivity index (χ3v) is 5.04. The van der Waals surface area contributed by atoms with Crippen molar-refractivity contribution in [1.29, 1.82) is 0 Å². The van der Waals surface area contributed by atoms with Crippen LogP contribution in [0.4, 0.5) is 0 Å². The molecule has 3 N–H and O–H groups in total. The van der Waals surface area contributed by atoms with Crippen LogP contribution in [0.3, 0.4) is 0 Å². The van der Waals surface area contributed by atoms with Gasteiger partial charge in [-0.2, -0.15) is 0 Å². The predicted octanol–water partition coefficient (Wildman–Crippen LogP) is 3.69. The van der Waals surface area contributed by atoms with Crippen molar-refractivity contribution in [2.45, 2.75) is 63.6 Å². The maximum atomic E-state index is 6.27. The molecule has 2 heteroatoms.